The number of hydrogen-bond acceptors (Lipinski definition) is 6. The van der Waals surface area contributed by atoms with E-state index >= 15 is 0 Å². The Balaban J connectivity index is 2.25. The van der Waals surface area contributed by atoms with Crippen molar-refractivity contribution >= 4 is 38.5 Å². The Labute approximate surface area is 124 Å². The van der Waals surface area contributed by atoms with Crippen LogP contribution in [-0.4, -0.2) is 30.7 Å². The molecule has 1 atom stereocenters. The van der Waals surface area contributed by atoms with Crippen molar-refractivity contribution in [1.29, 1.82) is 0 Å². The number of aliphatic carboxylic acids is 1. The number of carboxylic acids is 1. The molecule has 0 fully saturated rings. The van der Waals surface area contributed by atoms with Crippen LogP contribution in [0.15, 0.2) is 17.5 Å². The topological polar surface area (TPSA) is 84.3 Å². The molecule has 2 aromatic heterocycles. The fourth-order valence-corrected chi connectivity index (χ4v) is 4.43. The maximum atomic E-state index is 11.5. The molecule has 0 radical (unpaired) electrons. The second kappa shape index (κ2) is 5.63. The van der Waals surface area contributed by atoms with Crippen LogP contribution >= 0.6 is 22.7 Å². The number of thiazole rings is 1. The predicted octanol–water partition coefficient (Wildman–Crippen LogP) is 2.60. The van der Waals surface area contributed by atoms with E-state index in [4.69, 9.17) is 5.11 Å². The van der Waals surface area contributed by atoms with Gasteiger partial charge in [0, 0.05) is 16.5 Å². The van der Waals surface area contributed by atoms with Crippen molar-refractivity contribution in [1.82, 2.24) is 4.98 Å². The van der Waals surface area contributed by atoms with Crippen LogP contribution in [-0.2, 0) is 21.1 Å². The summed E-state index contributed by atoms with van der Waals surface area (Å²) in [4.78, 5) is 16.6. The van der Waals surface area contributed by atoms with Crippen LogP contribution in [0.25, 0.3) is 10.6 Å². The van der Waals surface area contributed by atoms with Crippen molar-refractivity contribution in [2.24, 2.45) is 0 Å². The molecule has 0 spiro atoms. The van der Waals surface area contributed by atoms with E-state index in [-0.39, 0.29) is 6.42 Å². The third kappa shape index (κ3) is 3.44. The highest BCUT2D eigenvalue weighted by Crippen LogP contribution is 2.32. The van der Waals surface area contributed by atoms with Gasteiger partial charge in [0.05, 0.1) is 17.0 Å². The lowest BCUT2D eigenvalue weighted by Crippen LogP contribution is -2.07. The molecule has 0 amide bonds. The molecule has 0 aromatic carbocycles. The Hall–Kier alpha value is -1.25. The summed E-state index contributed by atoms with van der Waals surface area (Å²) in [6, 6.07) is 3.57. The average Bonchev–Trinajstić information content (AvgIpc) is 2.93. The monoisotopic (exact) mass is 331 g/mol. The van der Waals surface area contributed by atoms with Gasteiger partial charge in [-0.2, -0.15) is 0 Å². The number of carbonyl (C=O) groups is 1. The standard InChI is InChI=1S/C12H13NO4S3/c1-7(20(2,16)17)12-13-9(6-18-12)10-4-3-8(19-10)5-11(14)15/h3-4,6-7H,5H2,1-2H3,(H,14,15). The van der Waals surface area contributed by atoms with Crippen LogP contribution in [0.5, 0.6) is 0 Å². The molecule has 0 saturated carbocycles. The Morgan fingerprint density at radius 1 is 1.45 bits per heavy atom. The number of carboxylic acid groups (broad SMARTS) is 1. The SMILES string of the molecule is CC(c1nc(-c2ccc(CC(=O)O)s2)cs1)S(C)(=O)=O. The van der Waals surface area contributed by atoms with E-state index in [1.807, 2.05) is 6.07 Å². The maximum Gasteiger partial charge on any atom is 0.308 e. The van der Waals surface area contributed by atoms with Crippen LogP contribution in [0.2, 0.25) is 0 Å². The first kappa shape index (κ1) is 15.1. The summed E-state index contributed by atoms with van der Waals surface area (Å²) in [5, 5.41) is 10.5. The van der Waals surface area contributed by atoms with Crippen LogP contribution in [0.1, 0.15) is 22.1 Å². The zero-order valence-corrected chi connectivity index (χ0v) is 13.3. The number of nitrogens with zero attached hydrogens (tertiary/aromatic N) is 1. The summed E-state index contributed by atoms with van der Waals surface area (Å²) in [7, 11) is -3.16. The smallest absolute Gasteiger partial charge is 0.308 e. The zero-order valence-electron chi connectivity index (χ0n) is 10.9. The van der Waals surface area contributed by atoms with E-state index in [1.54, 1.807) is 18.4 Å². The van der Waals surface area contributed by atoms with E-state index in [0.29, 0.717) is 10.7 Å². The number of sulfone groups is 1. The molecule has 0 bridgehead atoms. The number of aromatic nitrogens is 1. The molecule has 2 aromatic rings. The second-order valence-corrected chi connectivity index (χ2v) is 8.80. The molecular weight excluding hydrogens is 318 g/mol. The van der Waals surface area contributed by atoms with E-state index in [2.05, 4.69) is 4.98 Å². The number of hydrogen-bond donors (Lipinski definition) is 1. The Morgan fingerprint density at radius 2 is 2.15 bits per heavy atom. The van der Waals surface area contributed by atoms with Gasteiger partial charge in [-0.25, -0.2) is 13.4 Å². The normalized spacial score (nSPS) is 13.3. The molecule has 0 aliphatic heterocycles. The molecule has 0 aliphatic carbocycles. The minimum Gasteiger partial charge on any atom is -0.481 e. The van der Waals surface area contributed by atoms with Gasteiger partial charge >= 0.3 is 5.97 Å². The molecule has 20 heavy (non-hydrogen) atoms. The van der Waals surface area contributed by atoms with Crippen LogP contribution < -0.4 is 0 Å². The molecule has 108 valence electrons. The number of thiophene rings is 1. The maximum absolute atomic E-state index is 11.5. The fraction of sp³-hybridized carbons (Fsp3) is 0.333. The Kier molecular flexibility index (Phi) is 4.26. The minimum atomic E-state index is -3.16. The van der Waals surface area contributed by atoms with Gasteiger partial charge in [0.1, 0.15) is 10.3 Å². The van der Waals surface area contributed by atoms with E-state index < -0.39 is 21.1 Å². The highest BCUT2D eigenvalue weighted by molar-refractivity contribution is 7.91. The molecule has 5 nitrogen and oxygen atoms in total. The van der Waals surface area contributed by atoms with Gasteiger partial charge in [0.2, 0.25) is 0 Å². The third-order valence-corrected chi connectivity index (χ3v) is 6.54. The summed E-state index contributed by atoms with van der Waals surface area (Å²) >= 11 is 2.66. The molecule has 2 rings (SSSR count). The largest absolute Gasteiger partial charge is 0.481 e. The highest BCUT2D eigenvalue weighted by Gasteiger charge is 2.21. The molecule has 0 aliphatic rings. The van der Waals surface area contributed by atoms with Crippen molar-refractivity contribution in [2.45, 2.75) is 18.6 Å². The quantitative estimate of drug-likeness (QED) is 0.910. The summed E-state index contributed by atoms with van der Waals surface area (Å²) in [5.74, 6) is -0.872. The van der Waals surface area contributed by atoms with Crippen LogP contribution in [0, 0.1) is 0 Å². The van der Waals surface area contributed by atoms with Crippen molar-refractivity contribution in [3.8, 4) is 10.6 Å². The lowest BCUT2D eigenvalue weighted by atomic mass is 10.3. The Morgan fingerprint density at radius 3 is 2.75 bits per heavy atom. The van der Waals surface area contributed by atoms with Gasteiger partial charge in [-0.3, -0.25) is 4.79 Å². The highest BCUT2D eigenvalue weighted by atomic mass is 32.2. The predicted molar refractivity (Wildman–Crippen MR) is 80.0 cm³/mol. The third-order valence-electron chi connectivity index (χ3n) is 2.75. The molecule has 8 heteroatoms. The van der Waals surface area contributed by atoms with Crippen molar-refractivity contribution in [3.05, 3.63) is 27.4 Å². The van der Waals surface area contributed by atoms with Gasteiger partial charge in [0.15, 0.2) is 9.84 Å². The zero-order chi connectivity index (χ0) is 14.9. The minimum absolute atomic E-state index is 0.0125. The molecule has 1 N–H and O–H groups in total. The van der Waals surface area contributed by atoms with Gasteiger partial charge in [-0.1, -0.05) is 0 Å². The summed E-state index contributed by atoms with van der Waals surface area (Å²) in [5.41, 5.74) is 0.696. The Bertz CT molecular complexity index is 729. The van der Waals surface area contributed by atoms with Crippen molar-refractivity contribution in [2.75, 3.05) is 6.26 Å². The first-order valence-corrected chi connectivity index (χ1v) is 9.37. The lowest BCUT2D eigenvalue weighted by Gasteiger charge is -2.03. The summed E-state index contributed by atoms with van der Waals surface area (Å²) in [6.07, 6.45) is 1.18. The van der Waals surface area contributed by atoms with Gasteiger partial charge < -0.3 is 5.11 Å². The average molecular weight is 331 g/mol. The van der Waals surface area contributed by atoms with Crippen molar-refractivity contribution < 1.29 is 18.3 Å². The molecule has 2 heterocycles. The van der Waals surface area contributed by atoms with Gasteiger partial charge in [0.25, 0.3) is 0 Å². The van der Waals surface area contributed by atoms with E-state index in [9.17, 15) is 13.2 Å². The molecule has 0 saturated heterocycles. The van der Waals surface area contributed by atoms with Crippen LogP contribution in [0.4, 0.5) is 0 Å². The van der Waals surface area contributed by atoms with Crippen LogP contribution in [0.3, 0.4) is 0 Å². The summed E-state index contributed by atoms with van der Waals surface area (Å²) < 4.78 is 23.0. The summed E-state index contributed by atoms with van der Waals surface area (Å²) in [6.45, 7) is 1.61. The van der Waals surface area contributed by atoms with E-state index in [1.165, 1.54) is 28.9 Å². The fourth-order valence-electron chi connectivity index (χ4n) is 1.53. The first-order valence-electron chi connectivity index (χ1n) is 5.72. The van der Waals surface area contributed by atoms with Gasteiger partial charge in [-0.15, -0.1) is 22.7 Å². The van der Waals surface area contributed by atoms with Gasteiger partial charge in [-0.05, 0) is 19.1 Å². The molecular formula is C12H13NO4S3. The van der Waals surface area contributed by atoms with Crippen molar-refractivity contribution in [3.63, 3.8) is 0 Å². The molecule has 1 unspecified atom stereocenters. The van der Waals surface area contributed by atoms with E-state index in [0.717, 1.165) is 9.75 Å². The number of rotatable bonds is 5. The second-order valence-electron chi connectivity index (χ2n) is 4.38. The first-order chi connectivity index (χ1) is 9.27. The lowest BCUT2D eigenvalue weighted by molar-refractivity contribution is -0.136.